The molecule has 0 fully saturated rings. The van der Waals surface area contributed by atoms with Crippen LogP contribution in [0, 0.1) is 10.1 Å². The van der Waals surface area contributed by atoms with Crippen molar-refractivity contribution in [3.05, 3.63) is 69.8 Å². The molecule has 0 unspecified atom stereocenters. The lowest BCUT2D eigenvalue weighted by molar-refractivity contribution is -0.384. The number of nitrogens with one attached hydrogen (secondary N) is 1. The van der Waals surface area contributed by atoms with Crippen LogP contribution in [0.3, 0.4) is 0 Å². The van der Waals surface area contributed by atoms with Crippen LogP contribution in [0.5, 0.6) is 5.75 Å². The first-order valence-corrected chi connectivity index (χ1v) is 9.84. The topological polar surface area (TPSA) is 102 Å². The zero-order valence-corrected chi connectivity index (χ0v) is 17.5. The van der Waals surface area contributed by atoms with E-state index >= 15 is 0 Å². The highest BCUT2D eigenvalue weighted by Gasteiger charge is 2.20. The number of nitro benzene ring substituents is 1. The zero-order chi connectivity index (χ0) is 22.1. The van der Waals surface area contributed by atoms with Crippen LogP contribution in [0.15, 0.2) is 48.5 Å². The number of hydrogen-bond donors (Lipinski definition) is 1. The summed E-state index contributed by atoms with van der Waals surface area (Å²) in [5, 5.41) is 13.6. The Labute approximate surface area is 176 Å². The molecule has 0 heterocycles. The van der Waals surface area contributed by atoms with Crippen LogP contribution in [0.4, 0.5) is 5.69 Å². The number of benzene rings is 2. The minimum atomic E-state index is -0.474. The number of amides is 2. The van der Waals surface area contributed by atoms with Crippen LogP contribution in [-0.2, 0) is 4.79 Å². The van der Waals surface area contributed by atoms with Gasteiger partial charge in [0.25, 0.3) is 11.6 Å². The predicted octanol–water partition coefficient (Wildman–Crippen LogP) is 3.72. The van der Waals surface area contributed by atoms with Gasteiger partial charge in [0.15, 0.2) is 0 Å². The highest BCUT2D eigenvalue weighted by atomic mass is 16.6. The molecule has 1 N–H and O–H groups in total. The summed E-state index contributed by atoms with van der Waals surface area (Å²) in [6.45, 7) is 4.31. The molecule has 2 amide bonds. The molecule has 8 heteroatoms. The normalized spacial score (nSPS) is 11.4. The van der Waals surface area contributed by atoms with Crippen molar-refractivity contribution < 1.29 is 19.2 Å². The van der Waals surface area contributed by atoms with Gasteiger partial charge in [-0.05, 0) is 43.2 Å². The summed E-state index contributed by atoms with van der Waals surface area (Å²) in [6.07, 6.45) is 2.01. The number of rotatable bonds is 10. The van der Waals surface area contributed by atoms with E-state index in [2.05, 4.69) is 12.2 Å². The van der Waals surface area contributed by atoms with E-state index in [4.69, 9.17) is 4.74 Å². The van der Waals surface area contributed by atoms with E-state index in [9.17, 15) is 19.7 Å². The Bertz CT molecular complexity index is 883. The molecule has 1 atom stereocenters. The molecule has 0 saturated heterocycles. The summed E-state index contributed by atoms with van der Waals surface area (Å²) in [5.74, 6) is 0.0309. The van der Waals surface area contributed by atoms with Crippen LogP contribution in [-0.4, -0.2) is 41.8 Å². The monoisotopic (exact) mass is 413 g/mol. The lowest BCUT2D eigenvalue weighted by Gasteiger charge is -2.25. The number of unbranched alkanes of at least 4 members (excludes halogenated alkanes) is 1. The van der Waals surface area contributed by atoms with E-state index in [1.807, 2.05) is 0 Å². The second kappa shape index (κ2) is 10.9. The molecule has 0 radical (unpaired) electrons. The summed E-state index contributed by atoms with van der Waals surface area (Å²) >= 11 is 0. The molecule has 2 rings (SSSR count). The lowest BCUT2D eigenvalue weighted by Crippen LogP contribution is -2.39. The molecule has 2 aromatic rings. The van der Waals surface area contributed by atoms with Crippen molar-refractivity contribution in [2.45, 2.75) is 32.7 Å². The van der Waals surface area contributed by atoms with E-state index in [1.165, 1.54) is 17.0 Å². The number of nitro groups is 1. The summed E-state index contributed by atoms with van der Waals surface area (Å²) in [7, 11) is 1.60. The molecule has 0 aliphatic heterocycles. The van der Waals surface area contributed by atoms with E-state index in [-0.39, 0.29) is 30.1 Å². The second-order valence-corrected chi connectivity index (χ2v) is 6.94. The molecule has 0 aliphatic carbocycles. The largest absolute Gasteiger partial charge is 0.494 e. The summed E-state index contributed by atoms with van der Waals surface area (Å²) in [5.41, 5.74) is 1.04. The van der Waals surface area contributed by atoms with Gasteiger partial charge in [0, 0.05) is 24.7 Å². The molecule has 2 aromatic carbocycles. The summed E-state index contributed by atoms with van der Waals surface area (Å²) < 4.78 is 5.57. The Balaban J connectivity index is 1.90. The molecule has 0 aromatic heterocycles. The van der Waals surface area contributed by atoms with Gasteiger partial charge in [-0.1, -0.05) is 25.5 Å². The fraction of sp³-hybridized carbons (Fsp3) is 0.364. The van der Waals surface area contributed by atoms with E-state index < -0.39 is 4.92 Å². The van der Waals surface area contributed by atoms with Crippen LogP contribution >= 0.6 is 0 Å². The van der Waals surface area contributed by atoms with E-state index in [0.717, 1.165) is 12.8 Å². The zero-order valence-electron chi connectivity index (χ0n) is 17.5. The van der Waals surface area contributed by atoms with Gasteiger partial charge < -0.3 is 15.0 Å². The fourth-order valence-electron chi connectivity index (χ4n) is 2.76. The van der Waals surface area contributed by atoms with Crippen LogP contribution in [0.25, 0.3) is 0 Å². The molecule has 0 aliphatic rings. The molecule has 30 heavy (non-hydrogen) atoms. The Morgan fingerprint density at radius 1 is 1.20 bits per heavy atom. The third kappa shape index (κ3) is 6.30. The number of carbonyl (C=O) groups excluding carboxylic acids is 2. The minimum Gasteiger partial charge on any atom is -0.494 e. The lowest BCUT2D eigenvalue weighted by atomic mass is 10.1. The van der Waals surface area contributed by atoms with Crippen molar-refractivity contribution in [3.63, 3.8) is 0 Å². The number of carbonyl (C=O) groups is 2. The average Bonchev–Trinajstić information content (AvgIpc) is 2.76. The van der Waals surface area contributed by atoms with Gasteiger partial charge >= 0.3 is 0 Å². The molecule has 0 saturated carbocycles. The number of ether oxygens (including phenoxy) is 1. The first kappa shape index (κ1) is 22.9. The highest BCUT2D eigenvalue weighted by molar-refractivity contribution is 5.96. The van der Waals surface area contributed by atoms with Crippen molar-refractivity contribution in [1.29, 1.82) is 0 Å². The van der Waals surface area contributed by atoms with Crippen LogP contribution in [0.2, 0.25) is 0 Å². The number of non-ortho nitro benzene ring substituents is 1. The van der Waals surface area contributed by atoms with Gasteiger partial charge in [-0.3, -0.25) is 19.7 Å². The van der Waals surface area contributed by atoms with Crippen molar-refractivity contribution >= 4 is 17.5 Å². The van der Waals surface area contributed by atoms with Crippen LogP contribution < -0.4 is 10.1 Å². The summed E-state index contributed by atoms with van der Waals surface area (Å²) in [6, 6.07) is 12.5. The SMILES string of the molecule is CCCCOc1ccc(C(=O)NCC(=O)N(C)[C@@H](C)c2cccc([N+](=O)[O-])c2)cc1. The van der Waals surface area contributed by atoms with Gasteiger partial charge in [0.1, 0.15) is 5.75 Å². The number of nitrogens with zero attached hydrogens (tertiary/aromatic N) is 2. The van der Waals surface area contributed by atoms with Gasteiger partial charge in [0.05, 0.1) is 24.1 Å². The maximum atomic E-state index is 12.5. The van der Waals surface area contributed by atoms with Gasteiger partial charge in [-0.25, -0.2) is 0 Å². The standard InChI is InChI=1S/C22H27N3O5/c1-4-5-13-30-20-11-9-17(10-12-20)22(27)23-15-21(26)24(3)16(2)18-7-6-8-19(14-18)25(28)29/h6-12,14,16H,4-5,13,15H2,1-3H3,(H,23,27)/t16-/m0/s1. The third-order valence-electron chi connectivity index (χ3n) is 4.82. The smallest absolute Gasteiger partial charge is 0.269 e. The van der Waals surface area contributed by atoms with Crippen molar-refractivity contribution in [1.82, 2.24) is 10.2 Å². The second-order valence-electron chi connectivity index (χ2n) is 6.94. The maximum Gasteiger partial charge on any atom is 0.269 e. The van der Waals surface area contributed by atoms with Crippen molar-refractivity contribution in [3.8, 4) is 5.75 Å². The molecule has 0 spiro atoms. The summed E-state index contributed by atoms with van der Waals surface area (Å²) in [4.78, 5) is 36.7. The Morgan fingerprint density at radius 2 is 1.90 bits per heavy atom. The van der Waals surface area contributed by atoms with Gasteiger partial charge in [-0.2, -0.15) is 0 Å². The Kier molecular flexibility index (Phi) is 8.34. The van der Waals surface area contributed by atoms with Crippen molar-refractivity contribution in [2.24, 2.45) is 0 Å². The van der Waals surface area contributed by atoms with Gasteiger partial charge in [0.2, 0.25) is 5.91 Å². The number of likely N-dealkylation sites (N-methyl/N-ethyl adjacent to an activating group) is 1. The van der Waals surface area contributed by atoms with Crippen LogP contribution in [0.1, 0.15) is 48.7 Å². The minimum absolute atomic E-state index is 0.0318. The number of hydrogen-bond acceptors (Lipinski definition) is 5. The maximum absolute atomic E-state index is 12.5. The van der Waals surface area contributed by atoms with Crippen molar-refractivity contribution in [2.75, 3.05) is 20.2 Å². The van der Waals surface area contributed by atoms with E-state index in [1.54, 1.807) is 50.4 Å². The van der Waals surface area contributed by atoms with E-state index in [0.29, 0.717) is 23.5 Å². The quantitative estimate of drug-likeness (QED) is 0.363. The Hall–Kier alpha value is -3.42. The highest BCUT2D eigenvalue weighted by Crippen LogP contribution is 2.23. The first-order valence-electron chi connectivity index (χ1n) is 9.84. The molecular weight excluding hydrogens is 386 g/mol. The molecule has 160 valence electrons. The molecule has 8 nitrogen and oxygen atoms in total. The Morgan fingerprint density at radius 3 is 2.53 bits per heavy atom. The first-order chi connectivity index (χ1) is 14.3. The predicted molar refractivity (Wildman–Crippen MR) is 113 cm³/mol. The molecular formula is C22H27N3O5. The molecule has 0 bridgehead atoms. The fourth-order valence-corrected chi connectivity index (χ4v) is 2.76. The average molecular weight is 413 g/mol. The van der Waals surface area contributed by atoms with Gasteiger partial charge in [-0.15, -0.1) is 0 Å². The third-order valence-corrected chi connectivity index (χ3v) is 4.82.